The molecule has 156 valence electrons. The summed E-state index contributed by atoms with van der Waals surface area (Å²) in [4.78, 5) is 27.5. The van der Waals surface area contributed by atoms with Gasteiger partial charge in [0.2, 0.25) is 5.91 Å². The minimum Gasteiger partial charge on any atom is -0.324 e. The number of rotatable bonds is 5. The number of anilines is 1. The first-order valence-electron chi connectivity index (χ1n) is 10.0. The third kappa shape index (κ3) is 4.70. The third-order valence-electron chi connectivity index (χ3n) is 5.04. The Hall–Kier alpha value is -3.38. The standard InChI is InChI=1S/C25H23N3O2S/c1-16-8-13-23(17(2)14-16)31-20-11-9-19(10-12-20)26-24(29)15-28-25(30)22-7-5-4-6-21(22)18(3)27-28/h4-14H,15H2,1-3H3,(H,26,29). The van der Waals surface area contributed by atoms with Gasteiger partial charge in [0, 0.05) is 20.9 Å². The highest BCUT2D eigenvalue weighted by Crippen LogP contribution is 2.31. The molecular weight excluding hydrogens is 406 g/mol. The van der Waals surface area contributed by atoms with Crippen molar-refractivity contribution in [3.8, 4) is 0 Å². The summed E-state index contributed by atoms with van der Waals surface area (Å²) >= 11 is 1.69. The monoisotopic (exact) mass is 429 g/mol. The first-order valence-corrected chi connectivity index (χ1v) is 10.8. The van der Waals surface area contributed by atoms with E-state index in [1.165, 1.54) is 20.7 Å². The molecule has 1 heterocycles. The fourth-order valence-electron chi connectivity index (χ4n) is 3.50. The number of benzene rings is 3. The van der Waals surface area contributed by atoms with Crippen molar-refractivity contribution in [2.45, 2.75) is 37.1 Å². The van der Waals surface area contributed by atoms with E-state index < -0.39 is 0 Å². The van der Waals surface area contributed by atoms with Crippen molar-refractivity contribution in [2.75, 3.05) is 5.32 Å². The average molecular weight is 430 g/mol. The van der Waals surface area contributed by atoms with E-state index in [9.17, 15) is 9.59 Å². The average Bonchev–Trinajstić information content (AvgIpc) is 2.75. The third-order valence-corrected chi connectivity index (χ3v) is 6.23. The lowest BCUT2D eigenvalue weighted by molar-refractivity contribution is -0.117. The Bertz CT molecular complexity index is 1330. The van der Waals surface area contributed by atoms with Crippen LogP contribution < -0.4 is 10.9 Å². The maximum atomic E-state index is 12.7. The highest BCUT2D eigenvalue weighted by atomic mass is 32.2. The number of hydrogen-bond acceptors (Lipinski definition) is 4. The SMILES string of the molecule is Cc1ccc(Sc2ccc(NC(=O)Cn3nc(C)c4ccccc4c3=O)cc2)c(C)c1. The van der Waals surface area contributed by atoms with Gasteiger partial charge in [-0.25, -0.2) is 4.68 Å². The van der Waals surface area contributed by atoms with Crippen molar-refractivity contribution >= 4 is 34.1 Å². The molecule has 0 unspecified atom stereocenters. The molecule has 0 saturated heterocycles. The van der Waals surface area contributed by atoms with Gasteiger partial charge in [-0.2, -0.15) is 5.10 Å². The van der Waals surface area contributed by atoms with Crippen LogP contribution in [0.25, 0.3) is 10.8 Å². The zero-order valence-corrected chi connectivity index (χ0v) is 18.5. The molecule has 6 heteroatoms. The van der Waals surface area contributed by atoms with Crippen molar-refractivity contribution in [1.82, 2.24) is 9.78 Å². The number of hydrogen-bond donors (Lipinski definition) is 1. The number of carbonyl (C=O) groups is 1. The van der Waals surface area contributed by atoms with Crippen LogP contribution >= 0.6 is 11.8 Å². The number of amides is 1. The molecule has 31 heavy (non-hydrogen) atoms. The summed E-state index contributed by atoms with van der Waals surface area (Å²) in [5.74, 6) is -0.293. The fraction of sp³-hybridized carbons (Fsp3) is 0.160. The molecule has 1 aromatic heterocycles. The van der Waals surface area contributed by atoms with Gasteiger partial charge < -0.3 is 5.32 Å². The smallest absolute Gasteiger partial charge is 0.275 e. The van der Waals surface area contributed by atoms with Crippen molar-refractivity contribution in [2.24, 2.45) is 0 Å². The van der Waals surface area contributed by atoms with Gasteiger partial charge in [-0.1, -0.05) is 47.7 Å². The Kier molecular flexibility index (Phi) is 5.91. The summed E-state index contributed by atoms with van der Waals surface area (Å²) in [6.45, 7) is 5.89. The van der Waals surface area contributed by atoms with E-state index in [0.717, 1.165) is 16.0 Å². The Balaban J connectivity index is 1.45. The van der Waals surface area contributed by atoms with E-state index in [0.29, 0.717) is 11.1 Å². The predicted octanol–water partition coefficient (Wildman–Crippen LogP) is 5.11. The molecule has 4 rings (SSSR count). The molecule has 0 atom stereocenters. The molecule has 5 nitrogen and oxygen atoms in total. The Labute approximate surface area is 185 Å². The van der Waals surface area contributed by atoms with E-state index in [-0.39, 0.29) is 18.0 Å². The Morgan fingerprint density at radius 2 is 1.68 bits per heavy atom. The van der Waals surface area contributed by atoms with Crippen LogP contribution in [0.1, 0.15) is 16.8 Å². The van der Waals surface area contributed by atoms with Crippen LogP contribution in [-0.2, 0) is 11.3 Å². The normalized spacial score (nSPS) is 10.9. The minimum atomic E-state index is -0.293. The molecule has 1 N–H and O–H groups in total. The molecule has 0 aliphatic carbocycles. The van der Waals surface area contributed by atoms with E-state index in [4.69, 9.17) is 0 Å². The maximum absolute atomic E-state index is 12.7. The summed E-state index contributed by atoms with van der Waals surface area (Å²) in [6.07, 6.45) is 0. The molecule has 3 aromatic carbocycles. The van der Waals surface area contributed by atoms with Crippen molar-refractivity contribution in [1.29, 1.82) is 0 Å². The lowest BCUT2D eigenvalue weighted by Gasteiger charge is -2.10. The molecule has 0 bridgehead atoms. The number of nitrogens with one attached hydrogen (secondary N) is 1. The summed E-state index contributed by atoms with van der Waals surface area (Å²) in [6, 6.07) is 21.4. The second kappa shape index (κ2) is 8.78. The van der Waals surface area contributed by atoms with Gasteiger partial charge in [0.25, 0.3) is 5.56 Å². The summed E-state index contributed by atoms with van der Waals surface area (Å²) < 4.78 is 1.22. The molecule has 1 amide bonds. The Morgan fingerprint density at radius 1 is 0.968 bits per heavy atom. The van der Waals surface area contributed by atoms with Crippen LogP contribution in [0.4, 0.5) is 5.69 Å². The van der Waals surface area contributed by atoms with Crippen molar-refractivity contribution < 1.29 is 4.79 Å². The van der Waals surface area contributed by atoms with Crippen LogP contribution in [0, 0.1) is 20.8 Å². The van der Waals surface area contributed by atoms with E-state index in [1.54, 1.807) is 17.8 Å². The second-order valence-electron chi connectivity index (χ2n) is 7.54. The maximum Gasteiger partial charge on any atom is 0.275 e. The van der Waals surface area contributed by atoms with Gasteiger partial charge in [0.05, 0.1) is 11.1 Å². The molecule has 0 saturated carbocycles. The summed E-state index contributed by atoms with van der Waals surface area (Å²) in [7, 11) is 0. The topological polar surface area (TPSA) is 64.0 Å². The predicted molar refractivity (Wildman–Crippen MR) is 126 cm³/mol. The number of carbonyl (C=O) groups excluding carboxylic acids is 1. The highest BCUT2D eigenvalue weighted by molar-refractivity contribution is 7.99. The molecule has 0 spiro atoms. The molecule has 0 fully saturated rings. The van der Waals surface area contributed by atoms with Gasteiger partial charge in [0.1, 0.15) is 6.54 Å². The summed E-state index contributed by atoms with van der Waals surface area (Å²) in [5.41, 5.74) is 3.62. The number of aryl methyl sites for hydroxylation is 3. The molecular formula is C25H23N3O2S. The summed E-state index contributed by atoms with van der Waals surface area (Å²) in [5, 5.41) is 8.52. The van der Waals surface area contributed by atoms with Crippen LogP contribution in [0.15, 0.2) is 81.3 Å². The Morgan fingerprint density at radius 3 is 2.39 bits per heavy atom. The largest absolute Gasteiger partial charge is 0.324 e. The second-order valence-corrected chi connectivity index (χ2v) is 8.65. The highest BCUT2D eigenvalue weighted by Gasteiger charge is 2.11. The quantitative estimate of drug-likeness (QED) is 0.479. The number of fused-ring (bicyclic) bond motifs is 1. The zero-order valence-electron chi connectivity index (χ0n) is 17.7. The van der Waals surface area contributed by atoms with Gasteiger partial charge in [-0.05, 0) is 62.7 Å². The molecule has 4 aromatic rings. The van der Waals surface area contributed by atoms with E-state index in [2.05, 4.69) is 42.5 Å². The van der Waals surface area contributed by atoms with Gasteiger partial charge in [-0.3, -0.25) is 9.59 Å². The number of nitrogens with zero attached hydrogens (tertiary/aromatic N) is 2. The van der Waals surface area contributed by atoms with Crippen LogP contribution in [0.3, 0.4) is 0 Å². The van der Waals surface area contributed by atoms with Crippen molar-refractivity contribution in [3.05, 3.63) is 93.9 Å². The lowest BCUT2D eigenvalue weighted by Crippen LogP contribution is -2.30. The van der Waals surface area contributed by atoms with E-state index in [1.807, 2.05) is 49.4 Å². The fourth-order valence-corrected chi connectivity index (χ4v) is 4.38. The van der Waals surface area contributed by atoms with Gasteiger partial charge in [0.15, 0.2) is 0 Å². The van der Waals surface area contributed by atoms with Crippen LogP contribution in [0.5, 0.6) is 0 Å². The molecule has 0 aliphatic heterocycles. The zero-order chi connectivity index (χ0) is 22.0. The lowest BCUT2D eigenvalue weighted by atomic mass is 10.1. The first-order chi connectivity index (χ1) is 14.9. The number of aromatic nitrogens is 2. The van der Waals surface area contributed by atoms with Crippen molar-refractivity contribution in [3.63, 3.8) is 0 Å². The van der Waals surface area contributed by atoms with Gasteiger partial charge in [-0.15, -0.1) is 0 Å². The molecule has 0 aliphatic rings. The first kappa shape index (κ1) is 20.9. The minimum absolute atomic E-state index is 0.135. The van der Waals surface area contributed by atoms with Crippen LogP contribution in [-0.4, -0.2) is 15.7 Å². The van der Waals surface area contributed by atoms with Gasteiger partial charge >= 0.3 is 0 Å². The van der Waals surface area contributed by atoms with E-state index >= 15 is 0 Å². The molecule has 0 radical (unpaired) electrons. The van der Waals surface area contributed by atoms with Crippen LogP contribution in [0.2, 0.25) is 0 Å².